The van der Waals surface area contributed by atoms with Crippen molar-refractivity contribution in [2.45, 2.75) is 13.5 Å². The Morgan fingerprint density at radius 2 is 1.96 bits per heavy atom. The monoisotopic (exact) mass is 542 g/mol. The predicted octanol–water partition coefficient (Wildman–Crippen LogP) is 1.47. The van der Waals surface area contributed by atoms with Gasteiger partial charge < -0.3 is 20.1 Å². The first-order valence-corrected chi connectivity index (χ1v) is 11.8. The molecule has 11 heteroatoms. The lowest BCUT2D eigenvalue weighted by molar-refractivity contribution is 0.174. The lowest BCUT2D eigenvalue weighted by atomic mass is 10.2. The average Bonchev–Trinajstić information content (AvgIpc) is 3.14. The van der Waals surface area contributed by atoms with E-state index in [2.05, 4.69) is 15.6 Å². The third kappa shape index (κ3) is 6.56. The van der Waals surface area contributed by atoms with Crippen LogP contribution >= 0.6 is 35.7 Å². The van der Waals surface area contributed by atoms with Crippen molar-refractivity contribution >= 4 is 51.7 Å². The first kappa shape index (κ1) is 23.4. The summed E-state index contributed by atoms with van der Waals surface area (Å²) in [6.45, 7) is 4.90. The smallest absolute Gasteiger partial charge is 0.231 e. The van der Waals surface area contributed by atoms with Gasteiger partial charge in [0.05, 0.1) is 12.3 Å². The van der Waals surface area contributed by atoms with E-state index >= 15 is 0 Å². The molecule has 0 radical (unpaired) electrons. The van der Waals surface area contributed by atoms with Crippen molar-refractivity contribution < 1.29 is 17.9 Å². The van der Waals surface area contributed by atoms with Crippen LogP contribution in [0.3, 0.4) is 0 Å². The van der Waals surface area contributed by atoms with Gasteiger partial charge in [0.15, 0.2) is 17.5 Å². The molecule has 1 fully saturated rings. The van der Waals surface area contributed by atoms with E-state index in [9.17, 15) is 8.42 Å². The van der Waals surface area contributed by atoms with Crippen LogP contribution in [0.2, 0.25) is 0 Å². The molecule has 0 atom stereocenters. The number of hydrogen-bond acceptors (Lipinski definition) is 6. The van der Waals surface area contributed by atoms with Crippen LogP contribution < -0.4 is 20.1 Å². The van der Waals surface area contributed by atoms with E-state index < -0.39 is 10.0 Å². The summed E-state index contributed by atoms with van der Waals surface area (Å²) in [5, 5.41) is 6.25. The van der Waals surface area contributed by atoms with Gasteiger partial charge in [-0.1, -0.05) is 6.07 Å². The molecule has 2 N–H and O–H groups in total. The van der Waals surface area contributed by atoms with E-state index in [0.29, 0.717) is 38.7 Å². The lowest BCUT2D eigenvalue weighted by Gasteiger charge is -2.25. The van der Waals surface area contributed by atoms with Gasteiger partial charge in [-0.05, 0) is 24.6 Å². The van der Waals surface area contributed by atoms with Crippen LogP contribution in [0.1, 0.15) is 12.5 Å². The Hall–Kier alpha value is -0.920. The normalized spacial score (nSPS) is 17.1. The second kappa shape index (κ2) is 11.3. The molecule has 8 nitrogen and oxygen atoms in total. The summed E-state index contributed by atoms with van der Waals surface area (Å²) in [4.78, 5) is 4.53. The summed E-state index contributed by atoms with van der Waals surface area (Å²) in [7, 11) is -3.22. The van der Waals surface area contributed by atoms with Crippen LogP contribution in [0.15, 0.2) is 23.2 Å². The molecule has 158 valence electrons. The summed E-state index contributed by atoms with van der Waals surface area (Å²) in [6, 6.07) is 5.73. The maximum atomic E-state index is 12.4. The summed E-state index contributed by atoms with van der Waals surface area (Å²) in [5.74, 6) is 3.87. The second-order valence-corrected chi connectivity index (χ2v) is 9.45. The van der Waals surface area contributed by atoms with Gasteiger partial charge in [0.25, 0.3) is 0 Å². The van der Waals surface area contributed by atoms with Crippen molar-refractivity contribution in [3.8, 4) is 11.5 Å². The van der Waals surface area contributed by atoms with Crippen molar-refractivity contribution in [2.24, 2.45) is 4.99 Å². The highest BCUT2D eigenvalue weighted by atomic mass is 127. The first-order valence-electron chi connectivity index (χ1n) is 9.05. The van der Waals surface area contributed by atoms with E-state index in [-0.39, 0.29) is 36.5 Å². The minimum Gasteiger partial charge on any atom is -0.454 e. The zero-order chi connectivity index (χ0) is 19.1. The van der Waals surface area contributed by atoms with Crippen LogP contribution in [0.5, 0.6) is 11.5 Å². The molecule has 0 saturated carbocycles. The molecule has 0 spiro atoms. The summed E-state index contributed by atoms with van der Waals surface area (Å²) < 4.78 is 37.1. The summed E-state index contributed by atoms with van der Waals surface area (Å²) in [5.41, 5.74) is 0.995. The topological polar surface area (TPSA) is 92.3 Å². The maximum Gasteiger partial charge on any atom is 0.231 e. The number of fused-ring (bicyclic) bond motifs is 1. The molecule has 3 rings (SSSR count). The highest BCUT2D eigenvalue weighted by Gasteiger charge is 2.23. The molecule has 1 aromatic carbocycles. The molecule has 2 aliphatic rings. The summed E-state index contributed by atoms with van der Waals surface area (Å²) in [6.07, 6.45) is 0. The number of ether oxygens (including phenoxy) is 2. The second-order valence-electron chi connectivity index (χ2n) is 6.14. The van der Waals surface area contributed by atoms with E-state index in [1.54, 1.807) is 16.1 Å². The molecular formula is C17H27IN4O4S2. The number of benzene rings is 1. The quantitative estimate of drug-likeness (QED) is 0.306. The number of nitrogens with zero attached hydrogens (tertiary/aromatic N) is 2. The number of sulfonamides is 1. The standard InChI is InChI=1S/C17H26N4O4S2.HI/c1-2-18-17(19-5-10-27(22,23)21-6-8-26-9-7-21)20-12-14-3-4-15-16(11-14)25-13-24-15;/h3-4,11H,2,5-10,12-13H2,1H3,(H2,18,19,20);1H. The largest absolute Gasteiger partial charge is 0.454 e. The van der Waals surface area contributed by atoms with Crippen molar-refractivity contribution in [1.82, 2.24) is 14.9 Å². The molecule has 2 aliphatic heterocycles. The Morgan fingerprint density at radius 1 is 1.21 bits per heavy atom. The minimum atomic E-state index is -3.22. The Balaban J connectivity index is 0.00000280. The predicted molar refractivity (Wildman–Crippen MR) is 123 cm³/mol. The fourth-order valence-corrected chi connectivity index (χ4v) is 5.30. The van der Waals surface area contributed by atoms with Crippen molar-refractivity contribution in [3.05, 3.63) is 23.8 Å². The minimum absolute atomic E-state index is 0. The van der Waals surface area contributed by atoms with Crippen molar-refractivity contribution in [2.75, 3.05) is 50.2 Å². The summed E-state index contributed by atoms with van der Waals surface area (Å²) >= 11 is 1.79. The van der Waals surface area contributed by atoms with Crippen LogP contribution in [0.25, 0.3) is 0 Å². The van der Waals surface area contributed by atoms with Crippen LogP contribution in [-0.4, -0.2) is 68.9 Å². The third-order valence-electron chi connectivity index (χ3n) is 4.22. The van der Waals surface area contributed by atoms with E-state index in [0.717, 1.165) is 28.6 Å². The number of guanidine groups is 1. The molecule has 0 aromatic heterocycles. The van der Waals surface area contributed by atoms with Gasteiger partial charge in [0, 0.05) is 37.7 Å². The highest BCUT2D eigenvalue weighted by molar-refractivity contribution is 14.0. The van der Waals surface area contributed by atoms with Crippen molar-refractivity contribution in [1.29, 1.82) is 0 Å². The third-order valence-corrected chi connectivity index (χ3v) is 7.03. The Morgan fingerprint density at radius 3 is 2.71 bits per heavy atom. The number of hydrogen-bond donors (Lipinski definition) is 2. The fraction of sp³-hybridized carbons (Fsp3) is 0.588. The van der Waals surface area contributed by atoms with Crippen molar-refractivity contribution in [3.63, 3.8) is 0 Å². The Labute approximate surface area is 187 Å². The van der Waals surface area contributed by atoms with Crippen LogP contribution in [0.4, 0.5) is 0 Å². The average molecular weight is 542 g/mol. The van der Waals surface area contributed by atoms with Gasteiger partial charge >= 0.3 is 0 Å². The molecular weight excluding hydrogens is 515 g/mol. The molecule has 0 unspecified atom stereocenters. The zero-order valence-electron chi connectivity index (χ0n) is 15.8. The number of thioether (sulfide) groups is 1. The Bertz CT molecular complexity index is 770. The van der Waals surface area contributed by atoms with Gasteiger partial charge in [0.2, 0.25) is 16.8 Å². The van der Waals surface area contributed by atoms with Gasteiger partial charge in [-0.25, -0.2) is 17.7 Å². The maximum absolute atomic E-state index is 12.4. The molecule has 0 bridgehead atoms. The van der Waals surface area contributed by atoms with E-state index in [4.69, 9.17) is 9.47 Å². The molecule has 0 aliphatic carbocycles. The zero-order valence-corrected chi connectivity index (χ0v) is 19.8. The lowest BCUT2D eigenvalue weighted by Crippen LogP contribution is -2.44. The Kier molecular flexibility index (Phi) is 9.44. The molecule has 1 aromatic rings. The van der Waals surface area contributed by atoms with E-state index in [1.807, 2.05) is 25.1 Å². The number of aliphatic imine (C=N–C) groups is 1. The van der Waals surface area contributed by atoms with Crippen LogP contribution in [-0.2, 0) is 16.6 Å². The van der Waals surface area contributed by atoms with E-state index in [1.165, 1.54) is 0 Å². The highest BCUT2D eigenvalue weighted by Crippen LogP contribution is 2.32. The fourth-order valence-electron chi connectivity index (χ4n) is 2.80. The number of nitrogens with one attached hydrogen (secondary N) is 2. The molecule has 0 amide bonds. The first-order chi connectivity index (χ1) is 13.1. The van der Waals surface area contributed by atoms with Gasteiger partial charge in [-0.2, -0.15) is 11.8 Å². The van der Waals surface area contributed by atoms with Gasteiger partial charge in [0.1, 0.15) is 0 Å². The van der Waals surface area contributed by atoms with Crippen LogP contribution in [0, 0.1) is 0 Å². The number of halogens is 1. The molecule has 2 heterocycles. The number of rotatable bonds is 7. The van der Waals surface area contributed by atoms with Gasteiger partial charge in [-0.15, -0.1) is 24.0 Å². The SMILES string of the molecule is CCNC(=NCc1ccc2c(c1)OCO2)NCCS(=O)(=O)N1CCSCC1.I. The molecule has 28 heavy (non-hydrogen) atoms. The molecule has 1 saturated heterocycles. The van der Waals surface area contributed by atoms with Gasteiger partial charge in [-0.3, -0.25) is 0 Å².